The lowest BCUT2D eigenvalue weighted by atomic mass is 10.0. The third-order valence-corrected chi connectivity index (χ3v) is 4.60. The number of rotatable bonds is 7. The summed E-state index contributed by atoms with van der Waals surface area (Å²) in [6.45, 7) is 6.81. The lowest BCUT2D eigenvalue weighted by Gasteiger charge is -2.26. The van der Waals surface area contributed by atoms with E-state index in [2.05, 4.69) is 50.4 Å². The van der Waals surface area contributed by atoms with Crippen molar-refractivity contribution < 1.29 is 5.11 Å². The Hall–Kier alpha value is -0.510. The third kappa shape index (κ3) is 4.63. The van der Waals surface area contributed by atoms with E-state index in [1.165, 1.54) is 11.1 Å². The van der Waals surface area contributed by atoms with Gasteiger partial charge in [0, 0.05) is 23.1 Å². The van der Waals surface area contributed by atoms with Crippen molar-refractivity contribution in [3.8, 4) is 0 Å². The molecule has 2 N–H and O–H groups in total. The standard InChI is InChI=1S/C15H25NOS/c1-11-5-7-14(8-6-11)15(16-4)13(3)18-12(2)9-10-17/h5-8,12-13,15-17H,9-10H2,1-4H3. The van der Waals surface area contributed by atoms with E-state index in [9.17, 15) is 0 Å². The van der Waals surface area contributed by atoms with Crippen LogP contribution in [0.1, 0.15) is 37.4 Å². The topological polar surface area (TPSA) is 32.3 Å². The molecule has 0 radical (unpaired) electrons. The summed E-state index contributed by atoms with van der Waals surface area (Å²) in [4.78, 5) is 0. The van der Waals surface area contributed by atoms with Crippen molar-refractivity contribution in [2.24, 2.45) is 0 Å². The van der Waals surface area contributed by atoms with Crippen LogP contribution in [0.4, 0.5) is 0 Å². The monoisotopic (exact) mass is 267 g/mol. The highest BCUT2D eigenvalue weighted by molar-refractivity contribution is 8.00. The summed E-state index contributed by atoms with van der Waals surface area (Å²) >= 11 is 1.93. The van der Waals surface area contributed by atoms with E-state index < -0.39 is 0 Å². The fraction of sp³-hybridized carbons (Fsp3) is 0.600. The van der Waals surface area contributed by atoms with Gasteiger partial charge in [0.05, 0.1) is 0 Å². The first-order chi connectivity index (χ1) is 8.58. The zero-order valence-electron chi connectivity index (χ0n) is 11.8. The van der Waals surface area contributed by atoms with Gasteiger partial charge < -0.3 is 10.4 Å². The molecule has 3 heteroatoms. The Kier molecular flexibility index (Phi) is 6.76. The molecule has 1 aromatic rings. The Labute approximate surface area is 115 Å². The second kappa shape index (κ2) is 7.82. The molecule has 0 saturated heterocycles. The van der Waals surface area contributed by atoms with Gasteiger partial charge in [0.15, 0.2) is 0 Å². The molecule has 0 heterocycles. The van der Waals surface area contributed by atoms with Gasteiger partial charge in [-0.25, -0.2) is 0 Å². The summed E-state index contributed by atoms with van der Waals surface area (Å²) < 4.78 is 0. The summed E-state index contributed by atoms with van der Waals surface area (Å²) in [7, 11) is 2.01. The molecule has 1 aromatic carbocycles. The van der Waals surface area contributed by atoms with Crippen molar-refractivity contribution in [1.82, 2.24) is 5.32 Å². The molecule has 0 amide bonds. The molecule has 0 bridgehead atoms. The summed E-state index contributed by atoms with van der Waals surface area (Å²) in [6, 6.07) is 9.08. The molecule has 3 atom stereocenters. The Morgan fingerprint density at radius 1 is 1.22 bits per heavy atom. The SMILES string of the molecule is CNC(c1ccc(C)cc1)C(C)SC(C)CCO. The van der Waals surface area contributed by atoms with Crippen LogP contribution in [0.5, 0.6) is 0 Å². The van der Waals surface area contributed by atoms with E-state index in [1.54, 1.807) is 0 Å². The van der Waals surface area contributed by atoms with Crippen LogP contribution in [0.2, 0.25) is 0 Å². The van der Waals surface area contributed by atoms with Crippen molar-refractivity contribution in [3.63, 3.8) is 0 Å². The number of hydrogen-bond donors (Lipinski definition) is 2. The van der Waals surface area contributed by atoms with Gasteiger partial charge in [-0.1, -0.05) is 43.7 Å². The quantitative estimate of drug-likeness (QED) is 0.796. The zero-order valence-corrected chi connectivity index (χ0v) is 12.6. The highest BCUT2D eigenvalue weighted by Gasteiger charge is 2.19. The van der Waals surface area contributed by atoms with Crippen LogP contribution in [-0.2, 0) is 0 Å². The highest BCUT2D eigenvalue weighted by Crippen LogP contribution is 2.30. The molecule has 18 heavy (non-hydrogen) atoms. The Balaban J connectivity index is 2.67. The highest BCUT2D eigenvalue weighted by atomic mass is 32.2. The largest absolute Gasteiger partial charge is 0.396 e. The fourth-order valence-electron chi connectivity index (χ4n) is 2.14. The number of nitrogens with one attached hydrogen (secondary N) is 1. The summed E-state index contributed by atoms with van der Waals surface area (Å²) in [5, 5.41) is 13.3. The molecule has 0 aliphatic heterocycles. The minimum atomic E-state index is 0.273. The van der Waals surface area contributed by atoms with E-state index in [-0.39, 0.29) is 6.61 Å². The van der Waals surface area contributed by atoms with E-state index in [0.717, 1.165) is 6.42 Å². The van der Waals surface area contributed by atoms with Crippen LogP contribution in [0.3, 0.4) is 0 Å². The maximum Gasteiger partial charge on any atom is 0.0441 e. The first-order valence-corrected chi connectivity index (χ1v) is 7.53. The average molecular weight is 267 g/mol. The van der Waals surface area contributed by atoms with Gasteiger partial charge in [-0.05, 0) is 26.0 Å². The lowest BCUT2D eigenvalue weighted by Crippen LogP contribution is -2.26. The van der Waals surface area contributed by atoms with Crippen molar-refractivity contribution in [2.75, 3.05) is 13.7 Å². The zero-order chi connectivity index (χ0) is 13.5. The van der Waals surface area contributed by atoms with Gasteiger partial charge in [0.2, 0.25) is 0 Å². The van der Waals surface area contributed by atoms with E-state index in [4.69, 9.17) is 5.11 Å². The molecule has 0 fully saturated rings. The number of aliphatic hydroxyl groups excluding tert-OH is 1. The second-order valence-electron chi connectivity index (χ2n) is 4.84. The number of hydrogen-bond acceptors (Lipinski definition) is 3. The van der Waals surface area contributed by atoms with Crippen molar-refractivity contribution in [3.05, 3.63) is 35.4 Å². The van der Waals surface area contributed by atoms with E-state index in [1.807, 2.05) is 18.8 Å². The molecule has 102 valence electrons. The number of aliphatic hydroxyl groups is 1. The first-order valence-electron chi connectivity index (χ1n) is 6.58. The number of thioether (sulfide) groups is 1. The van der Waals surface area contributed by atoms with Crippen LogP contribution >= 0.6 is 11.8 Å². The predicted octanol–water partition coefficient (Wildman–Crippen LogP) is 3.15. The van der Waals surface area contributed by atoms with Crippen LogP contribution in [0, 0.1) is 6.92 Å². The van der Waals surface area contributed by atoms with E-state index >= 15 is 0 Å². The second-order valence-corrected chi connectivity index (χ2v) is 6.66. The molecule has 3 unspecified atom stereocenters. The number of benzene rings is 1. The number of aryl methyl sites for hydroxylation is 1. The molecule has 2 nitrogen and oxygen atoms in total. The molecule has 1 rings (SSSR count). The maximum atomic E-state index is 8.96. The molecule has 0 aliphatic carbocycles. The molecule has 0 saturated carbocycles. The average Bonchev–Trinajstić information content (AvgIpc) is 2.32. The minimum Gasteiger partial charge on any atom is -0.396 e. The minimum absolute atomic E-state index is 0.273. The third-order valence-electron chi connectivity index (χ3n) is 3.20. The Bertz CT molecular complexity index is 339. The molecule has 0 spiro atoms. The van der Waals surface area contributed by atoms with Gasteiger partial charge in [-0.15, -0.1) is 0 Å². The normalized spacial score (nSPS) is 16.3. The van der Waals surface area contributed by atoms with E-state index in [0.29, 0.717) is 16.5 Å². The smallest absolute Gasteiger partial charge is 0.0441 e. The lowest BCUT2D eigenvalue weighted by molar-refractivity contribution is 0.288. The summed E-state index contributed by atoms with van der Waals surface area (Å²) in [6.07, 6.45) is 0.860. The molecular weight excluding hydrogens is 242 g/mol. The van der Waals surface area contributed by atoms with Crippen molar-refractivity contribution >= 4 is 11.8 Å². The molecule has 0 aliphatic rings. The summed E-state index contributed by atoms with van der Waals surface area (Å²) in [5.41, 5.74) is 2.63. The molecule has 0 aromatic heterocycles. The Morgan fingerprint density at radius 2 is 1.83 bits per heavy atom. The predicted molar refractivity (Wildman–Crippen MR) is 81.2 cm³/mol. The van der Waals surface area contributed by atoms with Gasteiger partial charge >= 0.3 is 0 Å². The van der Waals surface area contributed by atoms with Gasteiger partial charge in [-0.3, -0.25) is 0 Å². The fourth-order valence-corrected chi connectivity index (χ4v) is 3.57. The van der Waals surface area contributed by atoms with Crippen LogP contribution in [-0.4, -0.2) is 29.3 Å². The van der Waals surface area contributed by atoms with Crippen molar-refractivity contribution in [2.45, 2.75) is 43.7 Å². The first kappa shape index (κ1) is 15.5. The Morgan fingerprint density at radius 3 is 2.33 bits per heavy atom. The van der Waals surface area contributed by atoms with Crippen LogP contribution in [0.25, 0.3) is 0 Å². The molecular formula is C15H25NOS. The maximum absolute atomic E-state index is 8.96. The van der Waals surface area contributed by atoms with Crippen molar-refractivity contribution in [1.29, 1.82) is 0 Å². The van der Waals surface area contributed by atoms with Crippen LogP contribution < -0.4 is 5.32 Å². The summed E-state index contributed by atoms with van der Waals surface area (Å²) in [5.74, 6) is 0. The van der Waals surface area contributed by atoms with Gasteiger partial charge in [0.1, 0.15) is 0 Å². The van der Waals surface area contributed by atoms with Crippen LogP contribution in [0.15, 0.2) is 24.3 Å². The van der Waals surface area contributed by atoms with Gasteiger partial charge in [0.25, 0.3) is 0 Å². The van der Waals surface area contributed by atoms with Gasteiger partial charge in [-0.2, -0.15) is 11.8 Å².